The molecule has 0 unspecified atom stereocenters. The van der Waals surface area contributed by atoms with Gasteiger partial charge in [-0.3, -0.25) is 14.9 Å². The van der Waals surface area contributed by atoms with Gasteiger partial charge in [0, 0.05) is 22.9 Å². The van der Waals surface area contributed by atoms with E-state index in [2.05, 4.69) is 5.32 Å². The summed E-state index contributed by atoms with van der Waals surface area (Å²) in [5.41, 5.74) is 1.47. The molecule has 0 spiro atoms. The van der Waals surface area contributed by atoms with Crippen molar-refractivity contribution in [3.63, 3.8) is 0 Å². The second-order valence-electron chi connectivity index (χ2n) is 4.44. The molecule has 0 aliphatic heterocycles. The molecule has 1 amide bonds. The summed E-state index contributed by atoms with van der Waals surface area (Å²) in [5.74, 6) is 0.282. The first-order chi connectivity index (χ1) is 10.0. The van der Waals surface area contributed by atoms with Gasteiger partial charge in [-0.05, 0) is 37.3 Å². The number of nitrogens with zero attached hydrogens (tertiary/aromatic N) is 1. The molecular weight excluding hydrogens is 272 g/mol. The van der Waals surface area contributed by atoms with Crippen molar-refractivity contribution >= 4 is 17.3 Å². The van der Waals surface area contributed by atoms with Gasteiger partial charge >= 0.3 is 0 Å². The summed E-state index contributed by atoms with van der Waals surface area (Å²) in [5, 5.41) is 13.5. The van der Waals surface area contributed by atoms with Gasteiger partial charge < -0.3 is 10.1 Å². The Morgan fingerprint density at radius 3 is 2.62 bits per heavy atom. The van der Waals surface area contributed by atoms with E-state index in [1.807, 2.05) is 0 Å². The Morgan fingerprint density at radius 2 is 2.00 bits per heavy atom. The first kappa shape index (κ1) is 14.5. The minimum absolute atomic E-state index is 0.0226. The number of nitrogens with one attached hydrogen (secondary N) is 1. The summed E-state index contributed by atoms with van der Waals surface area (Å²) in [4.78, 5) is 22.4. The predicted molar refractivity (Wildman–Crippen MR) is 78.8 cm³/mol. The molecule has 0 heterocycles. The molecular formula is C15H14N2O4. The van der Waals surface area contributed by atoms with Crippen LogP contribution in [0, 0.1) is 17.0 Å². The van der Waals surface area contributed by atoms with Gasteiger partial charge in [-0.25, -0.2) is 0 Å². The number of nitro groups is 1. The fourth-order valence-corrected chi connectivity index (χ4v) is 1.91. The summed E-state index contributed by atoms with van der Waals surface area (Å²) >= 11 is 0. The number of aryl methyl sites for hydroxylation is 1. The van der Waals surface area contributed by atoms with Crippen LogP contribution < -0.4 is 10.1 Å². The molecule has 2 rings (SSSR count). The molecule has 2 aromatic carbocycles. The number of carbonyl (C=O) groups is 1. The van der Waals surface area contributed by atoms with Gasteiger partial charge in [-0.1, -0.05) is 6.07 Å². The predicted octanol–water partition coefficient (Wildman–Crippen LogP) is 3.16. The number of hydrogen-bond donors (Lipinski definition) is 1. The molecule has 0 atom stereocenters. The second-order valence-corrected chi connectivity index (χ2v) is 4.44. The molecule has 6 nitrogen and oxygen atoms in total. The normalized spacial score (nSPS) is 10.0. The lowest BCUT2D eigenvalue weighted by Gasteiger charge is -2.07. The van der Waals surface area contributed by atoms with Gasteiger partial charge in [0.25, 0.3) is 11.6 Å². The number of amides is 1. The van der Waals surface area contributed by atoms with Crippen LogP contribution in [0.2, 0.25) is 0 Å². The molecule has 0 aromatic heterocycles. The van der Waals surface area contributed by atoms with E-state index in [1.54, 1.807) is 37.3 Å². The number of methoxy groups -OCH3 is 1. The van der Waals surface area contributed by atoms with Gasteiger partial charge in [0.15, 0.2) is 0 Å². The number of nitro benzene ring substituents is 1. The molecule has 0 saturated heterocycles. The molecule has 0 radical (unpaired) electrons. The van der Waals surface area contributed by atoms with Crippen LogP contribution in [0.3, 0.4) is 0 Å². The minimum atomic E-state index is -0.455. The molecule has 0 fully saturated rings. The maximum Gasteiger partial charge on any atom is 0.272 e. The van der Waals surface area contributed by atoms with Gasteiger partial charge in [0.2, 0.25) is 0 Å². The third kappa shape index (κ3) is 3.36. The van der Waals surface area contributed by atoms with Crippen LogP contribution in [0.25, 0.3) is 0 Å². The lowest BCUT2D eigenvalue weighted by molar-refractivity contribution is -0.385. The van der Waals surface area contributed by atoms with Gasteiger partial charge in [-0.2, -0.15) is 0 Å². The van der Waals surface area contributed by atoms with Crippen molar-refractivity contribution in [2.24, 2.45) is 0 Å². The Morgan fingerprint density at radius 1 is 1.24 bits per heavy atom. The van der Waals surface area contributed by atoms with Crippen LogP contribution in [0.4, 0.5) is 11.4 Å². The van der Waals surface area contributed by atoms with Gasteiger partial charge in [0.05, 0.1) is 12.0 Å². The minimum Gasteiger partial charge on any atom is -0.497 e. The van der Waals surface area contributed by atoms with E-state index in [1.165, 1.54) is 19.2 Å². The van der Waals surface area contributed by atoms with E-state index < -0.39 is 4.92 Å². The van der Waals surface area contributed by atoms with Crippen molar-refractivity contribution in [2.75, 3.05) is 12.4 Å². The zero-order chi connectivity index (χ0) is 15.4. The molecule has 0 bridgehead atoms. The third-order valence-corrected chi connectivity index (χ3v) is 2.98. The summed E-state index contributed by atoms with van der Waals surface area (Å²) in [7, 11) is 1.52. The summed E-state index contributed by atoms with van der Waals surface area (Å²) in [6.07, 6.45) is 0. The number of ether oxygens (including phenoxy) is 1. The maximum absolute atomic E-state index is 12.1. The molecule has 0 aliphatic carbocycles. The lowest BCUT2D eigenvalue weighted by atomic mass is 10.1. The van der Waals surface area contributed by atoms with Crippen molar-refractivity contribution in [1.82, 2.24) is 0 Å². The molecule has 6 heteroatoms. The Labute approximate surface area is 121 Å². The van der Waals surface area contributed by atoms with Crippen LogP contribution in [0.1, 0.15) is 15.9 Å². The average Bonchev–Trinajstić information content (AvgIpc) is 2.47. The van der Waals surface area contributed by atoms with Crippen molar-refractivity contribution in [3.05, 3.63) is 63.7 Å². The topological polar surface area (TPSA) is 81.5 Å². The quantitative estimate of drug-likeness (QED) is 0.691. The fourth-order valence-electron chi connectivity index (χ4n) is 1.91. The van der Waals surface area contributed by atoms with Gasteiger partial charge in [-0.15, -0.1) is 0 Å². The Balaban J connectivity index is 2.19. The molecule has 2 aromatic rings. The second kappa shape index (κ2) is 6.04. The van der Waals surface area contributed by atoms with Crippen molar-refractivity contribution in [2.45, 2.75) is 6.92 Å². The Hall–Kier alpha value is -2.89. The van der Waals surface area contributed by atoms with Crippen LogP contribution >= 0.6 is 0 Å². The van der Waals surface area contributed by atoms with E-state index in [9.17, 15) is 14.9 Å². The number of benzene rings is 2. The average molecular weight is 286 g/mol. The monoisotopic (exact) mass is 286 g/mol. The third-order valence-electron chi connectivity index (χ3n) is 2.98. The summed E-state index contributed by atoms with van der Waals surface area (Å²) in [6.45, 7) is 1.62. The molecule has 21 heavy (non-hydrogen) atoms. The Kier molecular flexibility index (Phi) is 4.18. The molecule has 0 aliphatic rings. The van der Waals surface area contributed by atoms with Crippen LogP contribution in [-0.2, 0) is 0 Å². The lowest BCUT2D eigenvalue weighted by Crippen LogP contribution is -2.12. The van der Waals surface area contributed by atoms with Crippen molar-refractivity contribution in [3.8, 4) is 5.75 Å². The molecule has 108 valence electrons. The highest BCUT2D eigenvalue weighted by Gasteiger charge is 2.12. The number of rotatable bonds is 4. The van der Waals surface area contributed by atoms with Crippen LogP contribution in [0.5, 0.6) is 5.75 Å². The van der Waals surface area contributed by atoms with Crippen LogP contribution in [-0.4, -0.2) is 17.9 Å². The Bertz CT molecular complexity index is 698. The van der Waals surface area contributed by atoms with E-state index >= 15 is 0 Å². The zero-order valence-corrected chi connectivity index (χ0v) is 11.6. The van der Waals surface area contributed by atoms with Gasteiger partial charge in [0.1, 0.15) is 5.75 Å². The number of hydrogen-bond acceptors (Lipinski definition) is 4. The van der Waals surface area contributed by atoms with Crippen molar-refractivity contribution in [1.29, 1.82) is 0 Å². The smallest absolute Gasteiger partial charge is 0.272 e. The number of carbonyl (C=O) groups excluding carboxylic acids is 1. The van der Waals surface area contributed by atoms with Crippen LogP contribution in [0.15, 0.2) is 42.5 Å². The number of anilines is 1. The highest BCUT2D eigenvalue weighted by Crippen LogP contribution is 2.22. The standard InChI is InChI=1S/C15H14N2O4/c1-10-8-12(6-7-14(10)17(19)20)16-15(18)11-4-3-5-13(9-11)21-2/h3-9H,1-2H3,(H,16,18). The first-order valence-corrected chi connectivity index (χ1v) is 6.21. The summed E-state index contributed by atoms with van der Waals surface area (Å²) < 4.78 is 5.06. The zero-order valence-electron chi connectivity index (χ0n) is 11.6. The van der Waals surface area contributed by atoms with E-state index in [4.69, 9.17) is 4.74 Å². The van der Waals surface area contributed by atoms with E-state index in [0.29, 0.717) is 22.6 Å². The molecule has 1 N–H and O–H groups in total. The van der Waals surface area contributed by atoms with E-state index in [0.717, 1.165) is 0 Å². The summed E-state index contributed by atoms with van der Waals surface area (Å²) in [6, 6.07) is 11.2. The largest absolute Gasteiger partial charge is 0.497 e. The first-order valence-electron chi connectivity index (χ1n) is 6.21. The SMILES string of the molecule is COc1cccc(C(=O)Nc2ccc([N+](=O)[O-])c(C)c2)c1. The maximum atomic E-state index is 12.1. The molecule has 0 saturated carbocycles. The van der Waals surface area contributed by atoms with Crippen molar-refractivity contribution < 1.29 is 14.5 Å². The highest BCUT2D eigenvalue weighted by atomic mass is 16.6. The van der Waals surface area contributed by atoms with E-state index in [-0.39, 0.29) is 11.6 Å². The highest BCUT2D eigenvalue weighted by molar-refractivity contribution is 6.04. The fraction of sp³-hybridized carbons (Fsp3) is 0.133.